The van der Waals surface area contributed by atoms with Crippen molar-refractivity contribution in [3.8, 4) is 0 Å². The maximum absolute atomic E-state index is 9.77. The molecule has 94 valence electrons. The van der Waals surface area contributed by atoms with Gasteiger partial charge in [0.1, 0.15) is 0 Å². The molecule has 16 heavy (non-hydrogen) atoms. The van der Waals surface area contributed by atoms with Crippen molar-refractivity contribution in [1.82, 2.24) is 10.2 Å². The molecule has 1 saturated heterocycles. The van der Waals surface area contributed by atoms with Crippen LogP contribution in [0.2, 0.25) is 0 Å². The first-order valence-electron chi connectivity index (χ1n) is 6.85. The Morgan fingerprint density at radius 3 is 2.50 bits per heavy atom. The van der Waals surface area contributed by atoms with E-state index in [0.717, 1.165) is 32.0 Å². The van der Waals surface area contributed by atoms with Crippen LogP contribution < -0.4 is 5.32 Å². The predicted molar refractivity (Wildman–Crippen MR) is 66.5 cm³/mol. The van der Waals surface area contributed by atoms with E-state index in [0.29, 0.717) is 12.1 Å². The van der Waals surface area contributed by atoms with Crippen LogP contribution in [0, 0.1) is 0 Å². The van der Waals surface area contributed by atoms with Gasteiger partial charge in [-0.25, -0.2) is 0 Å². The van der Waals surface area contributed by atoms with Gasteiger partial charge in [-0.2, -0.15) is 0 Å². The van der Waals surface area contributed by atoms with Gasteiger partial charge in [-0.05, 0) is 46.1 Å². The molecule has 1 aliphatic carbocycles. The average molecular weight is 226 g/mol. The first kappa shape index (κ1) is 12.3. The number of nitrogens with zero attached hydrogens (tertiary/aromatic N) is 1. The van der Waals surface area contributed by atoms with Crippen LogP contribution in [0.1, 0.15) is 46.0 Å². The van der Waals surface area contributed by atoms with Crippen molar-refractivity contribution >= 4 is 0 Å². The van der Waals surface area contributed by atoms with Gasteiger partial charge in [0.15, 0.2) is 0 Å². The van der Waals surface area contributed by atoms with Crippen molar-refractivity contribution in [2.75, 3.05) is 13.1 Å². The number of hydrogen-bond acceptors (Lipinski definition) is 3. The Labute approximate surface area is 99.2 Å². The lowest BCUT2D eigenvalue weighted by Gasteiger charge is -2.41. The highest BCUT2D eigenvalue weighted by Gasteiger charge is 2.29. The van der Waals surface area contributed by atoms with Crippen molar-refractivity contribution < 1.29 is 5.11 Å². The lowest BCUT2D eigenvalue weighted by molar-refractivity contribution is 0.0797. The first-order chi connectivity index (χ1) is 7.68. The molecule has 0 amide bonds. The molecule has 0 aromatic carbocycles. The molecule has 3 heteroatoms. The van der Waals surface area contributed by atoms with Crippen LogP contribution in [-0.2, 0) is 0 Å². The quantitative estimate of drug-likeness (QED) is 0.743. The average Bonchev–Trinajstić information content (AvgIpc) is 2.55. The van der Waals surface area contributed by atoms with E-state index in [4.69, 9.17) is 0 Å². The van der Waals surface area contributed by atoms with Crippen LogP contribution >= 0.6 is 0 Å². The Balaban J connectivity index is 1.77. The molecule has 2 fully saturated rings. The van der Waals surface area contributed by atoms with Crippen molar-refractivity contribution in [2.24, 2.45) is 0 Å². The molecule has 2 atom stereocenters. The van der Waals surface area contributed by atoms with Crippen LogP contribution in [0.3, 0.4) is 0 Å². The molecular formula is C13H26N2O. The fourth-order valence-corrected chi connectivity index (χ4v) is 2.92. The summed E-state index contributed by atoms with van der Waals surface area (Å²) in [6.45, 7) is 6.70. The summed E-state index contributed by atoms with van der Waals surface area (Å²) in [5, 5.41) is 13.2. The summed E-state index contributed by atoms with van der Waals surface area (Å²) in [4.78, 5) is 2.62. The van der Waals surface area contributed by atoms with Gasteiger partial charge in [-0.1, -0.05) is 6.42 Å². The van der Waals surface area contributed by atoms with Crippen LogP contribution in [0.25, 0.3) is 0 Å². The van der Waals surface area contributed by atoms with E-state index in [9.17, 15) is 5.11 Å². The van der Waals surface area contributed by atoms with E-state index >= 15 is 0 Å². The standard InChI is InChI=1S/C13H26N2O/c1-10(2)15(11-4-3-5-11)9-7-12-13(16)6-8-14-12/h10-14,16H,3-9H2,1-2H3. The van der Waals surface area contributed by atoms with Crippen LogP contribution in [-0.4, -0.2) is 47.3 Å². The lowest BCUT2D eigenvalue weighted by atomic mass is 9.90. The Bertz CT molecular complexity index is 216. The van der Waals surface area contributed by atoms with Crippen molar-refractivity contribution in [1.29, 1.82) is 0 Å². The molecule has 0 bridgehead atoms. The fourth-order valence-electron chi connectivity index (χ4n) is 2.92. The molecule has 0 aromatic rings. The molecule has 1 heterocycles. The van der Waals surface area contributed by atoms with Gasteiger partial charge in [-0.3, -0.25) is 4.90 Å². The predicted octanol–water partition coefficient (Wildman–Crippen LogP) is 1.36. The minimum atomic E-state index is -0.115. The highest BCUT2D eigenvalue weighted by molar-refractivity contribution is 4.87. The smallest absolute Gasteiger partial charge is 0.0705 e. The van der Waals surface area contributed by atoms with E-state index in [-0.39, 0.29) is 6.10 Å². The number of aliphatic hydroxyl groups is 1. The summed E-state index contributed by atoms with van der Waals surface area (Å²) in [6.07, 6.45) is 6.05. The van der Waals surface area contributed by atoms with Crippen molar-refractivity contribution in [3.05, 3.63) is 0 Å². The zero-order chi connectivity index (χ0) is 11.5. The third-order valence-electron chi connectivity index (χ3n) is 4.22. The Hall–Kier alpha value is -0.120. The maximum Gasteiger partial charge on any atom is 0.0705 e. The largest absolute Gasteiger partial charge is 0.391 e. The normalized spacial score (nSPS) is 31.3. The number of hydrogen-bond donors (Lipinski definition) is 2. The summed E-state index contributed by atoms with van der Waals surface area (Å²) in [7, 11) is 0. The molecule has 2 aliphatic rings. The van der Waals surface area contributed by atoms with Gasteiger partial charge in [0.2, 0.25) is 0 Å². The lowest BCUT2D eigenvalue weighted by Crippen LogP contribution is -2.46. The van der Waals surface area contributed by atoms with Gasteiger partial charge in [0.05, 0.1) is 6.10 Å². The summed E-state index contributed by atoms with van der Waals surface area (Å²) < 4.78 is 0. The van der Waals surface area contributed by atoms with Gasteiger partial charge in [0.25, 0.3) is 0 Å². The summed E-state index contributed by atoms with van der Waals surface area (Å²) in [5.41, 5.74) is 0. The molecule has 2 rings (SSSR count). The highest BCUT2D eigenvalue weighted by Crippen LogP contribution is 2.27. The van der Waals surface area contributed by atoms with Crippen molar-refractivity contribution in [2.45, 2.75) is 70.2 Å². The number of nitrogens with one attached hydrogen (secondary N) is 1. The van der Waals surface area contributed by atoms with E-state index in [1.54, 1.807) is 0 Å². The summed E-state index contributed by atoms with van der Waals surface area (Å²) >= 11 is 0. The van der Waals surface area contributed by atoms with Crippen LogP contribution in [0.4, 0.5) is 0 Å². The van der Waals surface area contributed by atoms with Gasteiger partial charge in [-0.15, -0.1) is 0 Å². The second kappa shape index (κ2) is 5.48. The molecule has 2 unspecified atom stereocenters. The van der Waals surface area contributed by atoms with E-state index in [2.05, 4.69) is 24.1 Å². The second-order valence-corrected chi connectivity index (χ2v) is 5.62. The zero-order valence-corrected chi connectivity index (χ0v) is 10.7. The highest BCUT2D eigenvalue weighted by atomic mass is 16.3. The minimum absolute atomic E-state index is 0.115. The van der Waals surface area contributed by atoms with Crippen LogP contribution in [0.15, 0.2) is 0 Å². The van der Waals surface area contributed by atoms with E-state index in [1.807, 2.05) is 0 Å². The molecule has 0 spiro atoms. The molecule has 2 N–H and O–H groups in total. The molecule has 3 nitrogen and oxygen atoms in total. The summed E-state index contributed by atoms with van der Waals surface area (Å²) in [5.74, 6) is 0. The second-order valence-electron chi connectivity index (χ2n) is 5.62. The number of aliphatic hydroxyl groups excluding tert-OH is 1. The molecule has 1 aliphatic heterocycles. The van der Waals surface area contributed by atoms with E-state index in [1.165, 1.54) is 19.3 Å². The van der Waals surface area contributed by atoms with Crippen molar-refractivity contribution in [3.63, 3.8) is 0 Å². The number of rotatable bonds is 5. The maximum atomic E-state index is 9.77. The molecule has 0 radical (unpaired) electrons. The van der Waals surface area contributed by atoms with E-state index < -0.39 is 0 Å². The fraction of sp³-hybridized carbons (Fsp3) is 1.00. The monoisotopic (exact) mass is 226 g/mol. The summed E-state index contributed by atoms with van der Waals surface area (Å²) in [6, 6.07) is 1.80. The van der Waals surface area contributed by atoms with Gasteiger partial charge in [0, 0.05) is 24.7 Å². The third-order valence-corrected chi connectivity index (χ3v) is 4.22. The zero-order valence-electron chi connectivity index (χ0n) is 10.7. The van der Waals surface area contributed by atoms with Gasteiger partial charge >= 0.3 is 0 Å². The van der Waals surface area contributed by atoms with Gasteiger partial charge < -0.3 is 10.4 Å². The minimum Gasteiger partial charge on any atom is -0.391 e. The topological polar surface area (TPSA) is 35.5 Å². The molecule has 1 saturated carbocycles. The Morgan fingerprint density at radius 1 is 1.31 bits per heavy atom. The first-order valence-corrected chi connectivity index (χ1v) is 6.85. The molecule has 0 aromatic heterocycles. The SMILES string of the molecule is CC(C)N(CCC1NCCC1O)C1CCC1. The Morgan fingerprint density at radius 2 is 2.06 bits per heavy atom. The molecular weight excluding hydrogens is 200 g/mol. The van der Waals surface area contributed by atoms with Crippen LogP contribution in [0.5, 0.6) is 0 Å². The Kier molecular flexibility index (Phi) is 4.22. The third kappa shape index (κ3) is 2.76.